The van der Waals surface area contributed by atoms with Gasteiger partial charge in [0.15, 0.2) is 11.5 Å². The molecule has 3 rings (SSSR count). The molecule has 1 N–H and O–H groups in total. The summed E-state index contributed by atoms with van der Waals surface area (Å²) >= 11 is 0. The fourth-order valence-electron chi connectivity index (χ4n) is 2.45. The van der Waals surface area contributed by atoms with Gasteiger partial charge < -0.3 is 14.2 Å². The van der Waals surface area contributed by atoms with E-state index in [4.69, 9.17) is 14.2 Å². The van der Waals surface area contributed by atoms with E-state index in [0.717, 1.165) is 23.5 Å². The molecule has 0 bridgehead atoms. The van der Waals surface area contributed by atoms with Gasteiger partial charge in [-0.3, -0.25) is 4.79 Å². The van der Waals surface area contributed by atoms with Crippen LogP contribution in [0.5, 0.6) is 17.2 Å². The monoisotopic (exact) mass is 354 g/mol. The van der Waals surface area contributed by atoms with Crippen LogP contribution < -0.4 is 19.6 Å². The van der Waals surface area contributed by atoms with Gasteiger partial charge in [-0.05, 0) is 55.8 Å². The third-order valence-corrected chi connectivity index (χ3v) is 3.87. The van der Waals surface area contributed by atoms with E-state index in [-0.39, 0.29) is 5.91 Å². The predicted molar refractivity (Wildman–Crippen MR) is 99.3 cm³/mol. The Labute approximate surface area is 152 Å². The Morgan fingerprint density at radius 1 is 1.08 bits per heavy atom. The summed E-state index contributed by atoms with van der Waals surface area (Å²) in [7, 11) is 0. The van der Waals surface area contributed by atoms with Crippen molar-refractivity contribution in [3.63, 3.8) is 0 Å². The molecule has 0 atom stereocenters. The van der Waals surface area contributed by atoms with E-state index in [2.05, 4.69) is 10.5 Å². The summed E-state index contributed by atoms with van der Waals surface area (Å²) in [4.78, 5) is 12.2. The van der Waals surface area contributed by atoms with Crippen molar-refractivity contribution in [3.8, 4) is 17.2 Å². The first-order valence-corrected chi connectivity index (χ1v) is 8.65. The quantitative estimate of drug-likeness (QED) is 0.638. The predicted octanol–water partition coefficient (Wildman–Crippen LogP) is 3.40. The third kappa shape index (κ3) is 4.33. The average molecular weight is 354 g/mol. The summed E-state index contributed by atoms with van der Waals surface area (Å²) in [5.74, 6) is 1.89. The molecule has 2 aromatic rings. The minimum Gasteiger partial charge on any atom is -0.494 e. The van der Waals surface area contributed by atoms with Gasteiger partial charge in [0.2, 0.25) is 0 Å². The van der Waals surface area contributed by atoms with E-state index in [0.29, 0.717) is 36.8 Å². The lowest BCUT2D eigenvalue weighted by atomic mass is 10.1. The standard InChI is InChI=1S/C20H22N2O4/c1-3-10-24-17-7-4-15(5-8-17)20(23)22-21-14(2)16-6-9-18-19(13-16)26-12-11-25-18/h4-9,13H,3,10-12H2,1-2H3,(H,22,23)/b21-14-. The van der Waals surface area contributed by atoms with Crippen molar-refractivity contribution >= 4 is 11.6 Å². The number of fused-ring (bicyclic) bond motifs is 1. The van der Waals surface area contributed by atoms with E-state index in [1.807, 2.05) is 32.0 Å². The van der Waals surface area contributed by atoms with E-state index in [9.17, 15) is 4.79 Å². The van der Waals surface area contributed by atoms with Crippen molar-refractivity contribution in [2.24, 2.45) is 5.10 Å². The lowest BCUT2D eigenvalue weighted by Crippen LogP contribution is -2.19. The number of ether oxygens (including phenoxy) is 3. The smallest absolute Gasteiger partial charge is 0.271 e. The van der Waals surface area contributed by atoms with Crippen LogP contribution in [-0.4, -0.2) is 31.4 Å². The summed E-state index contributed by atoms with van der Waals surface area (Å²) in [6.07, 6.45) is 0.941. The normalized spacial score (nSPS) is 13.2. The van der Waals surface area contributed by atoms with Crippen LogP contribution in [0, 0.1) is 0 Å². The van der Waals surface area contributed by atoms with Crippen LogP contribution in [0.1, 0.15) is 36.2 Å². The van der Waals surface area contributed by atoms with E-state index in [1.165, 1.54) is 0 Å². The van der Waals surface area contributed by atoms with E-state index < -0.39 is 0 Å². The fourth-order valence-corrected chi connectivity index (χ4v) is 2.45. The molecule has 26 heavy (non-hydrogen) atoms. The summed E-state index contributed by atoms with van der Waals surface area (Å²) in [6.45, 7) is 5.61. The Morgan fingerprint density at radius 3 is 2.50 bits per heavy atom. The van der Waals surface area contributed by atoms with Crippen molar-refractivity contribution < 1.29 is 19.0 Å². The molecule has 136 valence electrons. The third-order valence-electron chi connectivity index (χ3n) is 3.87. The van der Waals surface area contributed by atoms with Crippen LogP contribution in [0.4, 0.5) is 0 Å². The fraction of sp³-hybridized carbons (Fsp3) is 0.300. The summed E-state index contributed by atoms with van der Waals surface area (Å²) in [6, 6.07) is 12.6. The lowest BCUT2D eigenvalue weighted by Gasteiger charge is -2.18. The second-order valence-corrected chi connectivity index (χ2v) is 5.87. The molecular weight excluding hydrogens is 332 g/mol. The molecule has 0 saturated carbocycles. The molecule has 0 fully saturated rings. The lowest BCUT2D eigenvalue weighted by molar-refractivity contribution is 0.0955. The number of nitrogens with zero attached hydrogens (tertiary/aromatic N) is 1. The Bertz CT molecular complexity index is 800. The van der Waals surface area contributed by atoms with Gasteiger partial charge in [-0.25, -0.2) is 5.43 Å². The summed E-state index contributed by atoms with van der Waals surface area (Å²) in [5.41, 5.74) is 4.63. The first-order valence-electron chi connectivity index (χ1n) is 8.65. The van der Waals surface area contributed by atoms with Crippen molar-refractivity contribution in [1.82, 2.24) is 5.43 Å². The zero-order valence-electron chi connectivity index (χ0n) is 15.0. The number of rotatable bonds is 6. The van der Waals surface area contributed by atoms with Crippen LogP contribution in [0.3, 0.4) is 0 Å². The summed E-state index contributed by atoms with van der Waals surface area (Å²) < 4.78 is 16.6. The SMILES string of the molecule is CCCOc1ccc(C(=O)N/N=C(/C)c2ccc3c(c2)OCCO3)cc1. The second kappa shape index (κ2) is 8.38. The number of amides is 1. The number of nitrogens with one attached hydrogen (secondary N) is 1. The Morgan fingerprint density at radius 2 is 1.77 bits per heavy atom. The first-order chi connectivity index (χ1) is 12.7. The molecule has 0 spiro atoms. The Kier molecular flexibility index (Phi) is 5.73. The van der Waals surface area contributed by atoms with Crippen molar-refractivity contribution in [2.45, 2.75) is 20.3 Å². The maximum absolute atomic E-state index is 12.2. The highest BCUT2D eigenvalue weighted by atomic mass is 16.6. The van der Waals surface area contributed by atoms with Gasteiger partial charge in [0, 0.05) is 11.1 Å². The van der Waals surface area contributed by atoms with Gasteiger partial charge in [-0.2, -0.15) is 5.10 Å². The minimum absolute atomic E-state index is 0.274. The zero-order chi connectivity index (χ0) is 18.4. The number of hydrogen-bond acceptors (Lipinski definition) is 5. The molecule has 0 unspecified atom stereocenters. The zero-order valence-corrected chi connectivity index (χ0v) is 15.0. The van der Waals surface area contributed by atoms with Crippen molar-refractivity contribution in [2.75, 3.05) is 19.8 Å². The van der Waals surface area contributed by atoms with Crippen LogP contribution in [-0.2, 0) is 0 Å². The van der Waals surface area contributed by atoms with Crippen LogP contribution in [0.25, 0.3) is 0 Å². The Hall–Kier alpha value is -3.02. The largest absolute Gasteiger partial charge is 0.494 e. The molecule has 2 aromatic carbocycles. The highest BCUT2D eigenvalue weighted by Crippen LogP contribution is 2.30. The topological polar surface area (TPSA) is 69.2 Å². The first kappa shape index (κ1) is 17.8. The number of hydrogen-bond donors (Lipinski definition) is 1. The molecular formula is C20H22N2O4. The Balaban J connectivity index is 1.64. The van der Waals surface area contributed by atoms with Gasteiger partial charge in [0.25, 0.3) is 5.91 Å². The molecule has 0 aromatic heterocycles. The number of carbonyl (C=O) groups excluding carboxylic acids is 1. The van der Waals surface area contributed by atoms with Gasteiger partial charge in [0.1, 0.15) is 19.0 Å². The highest BCUT2D eigenvalue weighted by Gasteiger charge is 2.13. The van der Waals surface area contributed by atoms with Gasteiger partial charge in [0.05, 0.1) is 12.3 Å². The van der Waals surface area contributed by atoms with Crippen molar-refractivity contribution in [1.29, 1.82) is 0 Å². The van der Waals surface area contributed by atoms with Gasteiger partial charge in [-0.15, -0.1) is 0 Å². The summed E-state index contributed by atoms with van der Waals surface area (Å²) in [5, 5.41) is 4.18. The van der Waals surface area contributed by atoms with Crippen LogP contribution in [0.15, 0.2) is 47.6 Å². The molecule has 0 aliphatic carbocycles. The minimum atomic E-state index is -0.274. The van der Waals surface area contributed by atoms with Gasteiger partial charge in [-0.1, -0.05) is 6.92 Å². The number of hydrazone groups is 1. The molecule has 1 heterocycles. The van der Waals surface area contributed by atoms with Crippen LogP contribution in [0.2, 0.25) is 0 Å². The highest BCUT2D eigenvalue weighted by molar-refractivity contribution is 6.01. The maximum Gasteiger partial charge on any atom is 0.271 e. The maximum atomic E-state index is 12.2. The number of benzene rings is 2. The molecule has 6 heteroatoms. The molecule has 6 nitrogen and oxygen atoms in total. The van der Waals surface area contributed by atoms with E-state index in [1.54, 1.807) is 24.3 Å². The van der Waals surface area contributed by atoms with E-state index >= 15 is 0 Å². The average Bonchev–Trinajstić information content (AvgIpc) is 2.70. The van der Waals surface area contributed by atoms with Gasteiger partial charge >= 0.3 is 0 Å². The number of carbonyl (C=O) groups is 1. The molecule has 1 amide bonds. The second-order valence-electron chi connectivity index (χ2n) is 5.87. The molecule has 1 aliphatic heterocycles. The van der Waals surface area contributed by atoms with Crippen LogP contribution >= 0.6 is 0 Å². The molecule has 1 aliphatic rings. The molecule has 0 saturated heterocycles. The van der Waals surface area contributed by atoms with Crippen molar-refractivity contribution in [3.05, 3.63) is 53.6 Å². The molecule has 0 radical (unpaired) electrons.